The third kappa shape index (κ3) is 5.30. The Morgan fingerprint density at radius 2 is 2.32 bits per heavy atom. The molecule has 0 fully saturated rings. The monoisotopic (exact) mass is 268 g/mol. The van der Waals surface area contributed by atoms with Gasteiger partial charge in [-0.15, -0.1) is 0 Å². The Labute approximate surface area is 109 Å². The second-order valence-electron chi connectivity index (χ2n) is 4.07. The molecule has 0 aliphatic carbocycles. The quantitative estimate of drug-likeness (QED) is 0.438. The molecular formula is C11H16N4O4. The van der Waals surface area contributed by atoms with Gasteiger partial charge in [0.15, 0.2) is 0 Å². The van der Waals surface area contributed by atoms with Crippen molar-refractivity contribution in [2.75, 3.05) is 0 Å². The van der Waals surface area contributed by atoms with Crippen molar-refractivity contribution in [3.8, 4) is 0 Å². The molecule has 1 aromatic heterocycles. The van der Waals surface area contributed by atoms with E-state index in [2.05, 4.69) is 15.3 Å². The van der Waals surface area contributed by atoms with Crippen LogP contribution in [0.3, 0.4) is 0 Å². The Kier molecular flexibility index (Phi) is 5.68. The summed E-state index contributed by atoms with van der Waals surface area (Å²) in [6, 6.07) is -1.66. The third-order valence-electron chi connectivity index (χ3n) is 2.49. The highest BCUT2D eigenvalue weighted by atomic mass is 16.4. The standard InChI is InChI=1S/C11H16N4O4/c12-9(1-2-10(17)18)11(19)15-8(5-16)3-7-4-13-6-14-7/h4-6,8-9H,1-3,12H2,(H,13,14)(H,15,19)(H,17,18)/t8-,9-/m0/s1. The van der Waals surface area contributed by atoms with E-state index >= 15 is 0 Å². The Morgan fingerprint density at radius 3 is 2.84 bits per heavy atom. The number of aliphatic carboxylic acids is 1. The van der Waals surface area contributed by atoms with Gasteiger partial charge >= 0.3 is 5.97 Å². The Bertz CT molecular complexity index is 432. The summed E-state index contributed by atoms with van der Waals surface area (Å²) in [6.07, 6.45) is 3.73. The molecule has 2 atom stereocenters. The van der Waals surface area contributed by atoms with E-state index in [4.69, 9.17) is 10.8 Å². The van der Waals surface area contributed by atoms with E-state index in [1.807, 2.05) is 0 Å². The molecule has 1 amide bonds. The van der Waals surface area contributed by atoms with Crippen molar-refractivity contribution < 1.29 is 19.5 Å². The fourth-order valence-corrected chi connectivity index (χ4v) is 1.47. The number of imidazole rings is 1. The van der Waals surface area contributed by atoms with E-state index < -0.39 is 24.0 Å². The summed E-state index contributed by atoms with van der Waals surface area (Å²) in [5, 5.41) is 10.9. The van der Waals surface area contributed by atoms with Gasteiger partial charge in [0.2, 0.25) is 5.91 Å². The molecule has 0 saturated carbocycles. The fourth-order valence-electron chi connectivity index (χ4n) is 1.47. The number of hydrogen-bond acceptors (Lipinski definition) is 5. The molecule has 0 spiro atoms. The van der Waals surface area contributed by atoms with Gasteiger partial charge in [-0.05, 0) is 6.42 Å². The van der Waals surface area contributed by atoms with Crippen LogP contribution in [0.4, 0.5) is 0 Å². The predicted molar refractivity (Wildman–Crippen MR) is 65.1 cm³/mol. The number of rotatable bonds is 8. The van der Waals surface area contributed by atoms with Gasteiger partial charge in [0.1, 0.15) is 6.29 Å². The fraction of sp³-hybridized carbons (Fsp3) is 0.455. The predicted octanol–water partition coefficient (Wildman–Crippen LogP) is -1.17. The number of nitrogens with zero attached hydrogens (tertiary/aromatic N) is 1. The van der Waals surface area contributed by atoms with Gasteiger partial charge in [-0.25, -0.2) is 4.98 Å². The molecule has 0 aromatic carbocycles. The number of aromatic nitrogens is 2. The van der Waals surface area contributed by atoms with Gasteiger partial charge in [0.25, 0.3) is 0 Å². The van der Waals surface area contributed by atoms with Crippen LogP contribution in [0.25, 0.3) is 0 Å². The topological polar surface area (TPSA) is 138 Å². The van der Waals surface area contributed by atoms with Crippen molar-refractivity contribution in [1.82, 2.24) is 15.3 Å². The maximum atomic E-state index is 11.6. The van der Waals surface area contributed by atoms with Crippen LogP contribution >= 0.6 is 0 Å². The summed E-state index contributed by atoms with van der Waals surface area (Å²) in [7, 11) is 0. The molecule has 19 heavy (non-hydrogen) atoms. The first kappa shape index (κ1) is 14.8. The van der Waals surface area contributed by atoms with Crippen LogP contribution in [-0.4, -0.2) is 45.3 Å². The van der Waals surface area contributed by atoms with Crippen LogP contribution in [0.1, 0.15) is 18.5 Å². The van der Waals surface area contributed by atoms with E-state index in [0.717, 1.165) is 0 Å². The summed E-state index contributed by atoms with van der Waals surface area (Å²) in [5.74, 6) is -1.56. The zero-order valence-corrected chi connectivity index (χ0v) is 10.2. The summed E-state index contributed by atoms with van der Waals surface area (Å²) in [4.78, 5) is 39.5. The van der Waals surface area contributed by atoms with E-state index in [9.17, 15) is 14.4 Å². The summed E-state index contributed by atoms with van der Waals surface area (Å²) in [6.45, 7) is 0. The highest BCUT2D eigenvalue weighted by molar-refractivity contribution is 5.84. The van der Waals surface area contributed by atoms with Crippen molar-refractivity contribution in [2.24, 2.45) is 5.73 Å². The minimum Gasteiger partial charge on any atom is -0.481 e. The number of hydrogen-bond donors (Lipinski definition) is 4. The highest BCUT2D eigenvalue weighted by Gasteiger charge is 2.19. The van der Waals surface area contributed by atoms with Crippen molar-refractivity contribution in [2.45, 2.75) is 31.3 Å². The first-order valence-corrected chi connectivity index (χ1v) is 5.73. The summed E-state index contributed by atoms with van der Waals surface area (Å²) < 4.78 is 0. The molecule has 0 aliphatic heterocycles. The lowest BCUT2D eigenvalue weighted by atomic mass is 10.1. The largest absolute Gasteiger partial charge is 0.481 e. The molecule has 0 radical (unpaired) electrons. The van der Waals surface area contributed by atoms with E-state index in [1.54, 1.807) is 6.20 Å². The van der Waals surface area contributed by atoms with Gasteiger partial charge in [-0.1, -0.05) is 0 Å². The lowest BCUT2D eigenvalue weighted by Crippen LogP contribution is -2.47. The molecule has 5 N–H and O–H groups in total. The molecule has 8 nitrogen and oxygen atoms in total. The second-order valence-corrected chi connectivity index (χ2v) is 4.07. The highest BCUT2D eigenvalue weighted by Crippen LogP contribution is 1.99. The van der Waals surface area contributed by atoms with E-state index in [1.165, 1.54) is 6.33 Å². The molecule has 0 aliphatic rings. The van der Waals surface area contributed by atoms with Crippen LogP contribution < -0.4 is 11.1 Å². The number of H-pyrrole nitrogens is 1. The van der Waals surface area contributed by atoms with E-state index in [-0.39, 0.29) is 19.3 Å². The maximum Gasteiger partial charge on any atom is 0.303 e. The number of nitrogens with two attached hydrogens (primary N) is 1. The van der Waals surface area contributed by atoms with Gasteiger partial charge in [-0.2, -0.15) is 0 Å². The average molecular weight is 268 g/mol. The number of carbonyl (C=O) groups excluding carboxylic acids is 2. The number of carboxylic acids is 1. The maximum absolute atomic E-state index is 11.6. The number of amides is 1. The van der Waals surface area contributed by atoms with Gasteiger partial charge in [-0.3, -0.25) is 9.59 Å². The van der Waals surface area contributed by atoms with Gasteiger partial charge in [0.05, 0.1) is 18.4 Å². The third-order valence-corrected chi connectivity index (χ3v) is 2.49. The Morgan fingerprint density at radius 1 is 1.58 bits per heavy atom. The Hall–Kier alpha value is -2.22. The number of carboxylic acid groups (broad SMARTS) is 1. The first-order chi connectivity index (χ1) is 9.02. The smallest absolute Gasteiger partial charge is 0.303 e. The number of aldehydes is 1. The minimum absolute atomic E-state index is 0.0246. The van der Waals surface area contributed by atoms with Crippen molar-refractivity contribution in [3.63, 3.8) is 0 Å². The van der Waals surface area contributed by atoms with Gasteiger partial charge in [0, 0.05) is 24.7 Å². The van der Waals surface area contributed by atoms with Crippen LogP contribution in [0.15, 0.2) is 12.5 Å². The molecule has 1 rings (SSSR count). The first-order valence-electron chi connectivity index (χ1n) is 5.73. The minimum atomic E-state index is -1.02. The normalized spacial score (nSPS) is 13.5. The van der Waals surface area contributed by atoms with Crippen molar-refractivity contribution in [3.05, 3.63) is 18.2 Å². The molecule has 1 aromatic rings. The molecule has 0 unspecified atom stereocenters. The SMILES string of the molecule is N[C@@H](CCC(=O)O)C(=O)N[C@H](C=O)Cc1cnc[nH]1. The number of aromatic amines is 1. The van der Waals surface area contributed by atoms with Crippen LogP contribution in [0, 0.1) is 0 Å². The summed E-state index contributed by atoms with van der Waals surface area (Å²) >= 11 is 0. The van der Waals surface area contributed by atoms with Crippen LogP contribution in [0.2, 0.25) is 0 Å². The van der Waals surface area contributed by atoms with Gasteiger partial charge < -0.3 is 25.9 Å². The molecule has 0 saturated heterocycles. The molecule has 104 valence electrons. The lowest BCUT2D eigenvalue weighted by molar-refractivity contribution is -0.137. The summed E-state index contributed by atoms with van der Waals surface area (Å²) in [5.41, 5.74) is 6.24. The zero-order chi connectivity index (χ0) is 14.3. The number of nitrogens with one attached hydrogen (secondary N) is 2. The Balaban J connectivity index is 2.44. The second kappa shape index (κ2) is 7.27. The zero-order valence-electron chi connectivity index (χ0n) is 10.2. The molecule has 0 bridgehead atoms. The van der Waals surface area contributed by atoms with E-state index in [0.29, 0.717) is 12.0 Å². The van der Waals surface area contributed by atoms with Crippen molar-refractivity contribution in [1.29, 1.82) is 0 Å². The van der Waals surface area contributed by atoms with Crippen molar-refractivity contribution >= 4 is 18.2 Å². The van der Waals surface area contributed by atoms with Crippen LogP contribution in [0.5, 0.6) is 0 Å². The number of carbonyl (C=O) groups is 3. The lowest BCUT2D eigenvalue weighted by Gasteiger charge is -2.15. The molecule has 8 heteroatoms. The molecular weight excluding hydrogens is 252 g/mol. The van der Waals surface area contributed by atoms with Crippen LogP contribution in [-0.2, 0) is 20.8 Å². The average Bonchev–Trinajstić information content (AvgIpc) is 2.87. The molecule has 1 heterocycles.